The first kappa shape index (κ1) is 24.3. The molecule has 1 aromatic rings. The quantitative estimate of drug-likeness (QED) is 0.397. The molecule has 0 amide bonds. The fraction of sp³-hybridized carbons (Fsp3) is 0.550. The number of methoxy groups -OCH3 is 3. The van der Waals surface area contributed by atoms with Crippen molar-refractivity contribution >= 4 is 30.4 Å². The maximum absolute atomic E-state index is 12.0. The molecule has 1 rings (SSSR count). The van der Waals surface area contributed by atoms with Gasteiger partial charge in [0.05, 0.1) is 21.3 Å². The van der Waals surface area contributed by atoms with Crippen LogP contribution in [0.4, 0.5) is 0 Å². The first-order chi connectivity index (χ1) is 13.1. The van der Waals surface area contributed by atoms with Crippen LogP contribution in [0.2, 0.25) is 19.6 Å². The zero-order valence-corrected chi connectivity index (χ0v) is 20.8. The van der Waals surface area contributed by atoms with E-state index in [-0.39, 0.29) is 0 Å². The predicted molar refractivity (Wildman–Crippen MR) is 117 cm³/mol. The highest BCUT2D eigenvalue weighted by atomic mass is 28.4. The van der Waals surface area contributed by atoms with Crippen molar-refractivity contribution in [3.8, 4) is 17.2 Å². The zero-order valence-electron chi connectivity index (χ0n) is 18.4. The van der Waals surface area contributed by atoms with Crippen molar-refractivity contribution in [1.29, 1.82) is 0 Å². The summed E-state index contributed by atoms with van der Waals surface area (Å²) in [6.45, 7) is 10.6. The molecule has 28 heavy (non-hydrogen) atoms. The fourth-order valence-electron chi connectivity index (χ4n) is 2.54. The minimum atomic E-state index is -1.66. The van der Waals surface area contributed by atoms with Crippen molar-refractivity contribution in [1.82, 2.24) is 0 Å². The van der Waals surface area contributed by atoms with E-state index in [9.17, 15) is 4.79 Å². The van der Waals surface area contributed by atoms with Gasteiger partial charge in [-0.15, -0.1) is 0 Å². The number of aryl methyl sites for hydroxylation is 1. The highest BCUT2D eigenvalue weighted by molar-refractivity contribution is 6.73. The second kappa shape index (κ2) is 11.3. The van der Waals surface area contributed by atoms with E-state index in [1.165, 1.54) is 6.08 Å². The molecule has 0 aliphatic carbocycles. The van der Waals surface area contributed by atoms with Crippen molar-refractivity contribution in [2.75, 3.05) is 21.3 Å². The van der Waals surface area contributed by atoms with Gasteiger partial charge in [0.1, 0.15) is 0 Å². The van der Waals surface area contributed by atoms with Gasteiger partial charge >= 0.3 is 16.0 Å². The van der Waals surface area contributed by atoms with E-state index in [1.54, 1.807) is 27.4 Å². The minimum absolute atomic E-state index is 0.412. The van der Waals surface area contributed by atoms with Crippen molar-refractivity contribution in [2.24, 2.45) is 5.92 Å². The van der Waals surface area contributed by atoms with Gasteiger partial charge < -0.3 is 22.8 Å². The number of ether oxygens (including phenoxy) is 3. The summed E-state index contributed by atoms with van der Waals surface area (Å²) >= 11 is 0. The zero-order chi connectivity index (χ0) is 21.3. The summed E-state index contributed by atoms with van der Waals surface area (Å²) < 4.78 is 27.6. The van der Waals surface area contributed by atoms with E-state index in [1.807, 2.05) is 6.07 Å². The van der Waals surface area contributed by atoms with E-state index >= 15 is 0 Å². The Balaban J connectivity index is 3.11. The first-order valence-corrected chi connectivity index (χ1v) is 14.0. The lowest BCUT2D eigenvalue weighted by Gasteiger charge is -2.19. The lowest BCUT2D eigenvalue weighted by molar-refractivity contribution is -0.129. The molecule has 0 bridgehead atoms. The molecule has 158 valence electrons. The van der Waals surface area contributed by atoms with Crippen LogP contribution in [0.15, 0.2) is 12.1 Å². The van der Waals surface area contributed by atoms with Gasteiger partial charge in [-0.1, -0.05) is 13.8 Å². The smallest absolute Gasteiger partial charge is 0.359 e. The van der Waals surface area contributed by atoms with Crippen LogP contribution in [-0.2, 0) is 19.8 Å². The van der Waals surface area contributed by atoms with Crippen molar-refractivity contribution in [3.63, 3.8) is 0 Å². The largest absolute Gasteiger partial charge is 0.497 e. The molecule has 8 heteroatoms. The van der Waals surface area contributed by atoms with Crippen molar-refractivity contribution in [3.05, 3.63) is 23.3 Å². The molecule has 1 aromatic carbocycles. The Kier molecular flexibility index (Phi) is 9.77. The SMILES string of the molecule is COc1c(C=CC(=O)O[SiH2]O[Si](C)(C)C)cc(CCC(C)C)c(OC)c1OC. The molecule has 0 spiro atoms. The predicted octanol–water partition coefficient (Wildman–Crippen LogP) is 3.71. The molecule has 0 fully saturated rings. The number of hydrogen-bond donors (Lipinski definition) is 0. The van der Waals surface area contributed by atoms with Gasteiger partial charge in [0, 0.05) is 11.6 Å². The fourth-order valence-corrected chi connectivity index (χ4v) is 4.40. The number of rotatable bonds is 11. The Hall–Kier alpha value is -1.78. The molecule has 0 unspecified atom stereocenters. The van der Waals surface area contributed by atoms with Crippen LogP contribution >= 0.6 is 0 Å². The maximum Gasteiger partial charge on any atom is 0.359 e. The molecule has 0 aliphatic rings. The lowest BCUT2D eigenvalue weighted by Crippen LogP contribution is -2.29. The third-order valence-electron chi connectivity index (χ3n) is 3.99. The average molecular weight is 427 g/mol. The van der Waals surface area contributed by atoms with Crippen LogP contribution in [0.3, 0.4) is 0 Å². The molecule has 6 nitrogen and oxygen atoms in total. The Bertz CT molecular complexity index is 680. The molecule has 0 aromatic heterocycles. The van der Waals surface area contributed by atoms with E-state index < -0.39 is 24.3 Å². The number of carbonyl (C=O) groups excluding carboxylic acids is 1. The van der Waals surface area contributed by atoms with Gasteiger partial charge in [-0.05, 0) is 56.1 Å². The second-order valence-corrected chi connectivity index (χ2v) is 13.7. The van der Waals surface area contributed by atoms with E-state index in [0.717, 1.165) is 24.0 Å². The summed E-state index contributed by atoms with van der Waals surface area (Å²) in [5.74, 6) is 1.85. The van der Waals surface area contributed by atoms with Crippen LogP contribution in [-0.4, -0.2) is 45.6 Å². The summed E-state index contributed by atoms with van der Waals surface area (Å²) in [7, 11) is 1.78. The molecule has 0 atom stereocenters. The van der Waals surface area contributed by atoms with E-state index in [0.29, 0.717) is 23.2 Å². The first-order valence-electron chi connectivity index (χ1n) is 9.43. The number of hydrogen-bond acceptors (Lipinski definition) is 6. The average Bonchev–Trinajstić information content (AvgIpc) is 2.62. The van der Waals surface area contributed by atoms with Gasteiger partial charge in [-0.2, -0.15) is 0 Å². The van der Waals surface area contributed by atoms with Crippen LogP contribution in [0.1, 0.15) is 31.4 Å². The van der Waals surface area contributed by atoms with E-state index in [2.05, 4.69) is 33.5 Å². The van der Waals surface area contributed by atoms with Gasteiger partial charge in [-0.25, -0.2) is 4.79 Å². The van der Waals surface area contributed by atoms with E-state index in [4.69, 9.17) is 22.8 Å². The minimum Gasteiger partial charge on any atom is -0.497 e. The molecule has 0 radical (unpaired) electrons. The summed E-state index contributed by atoms with van der Waals surface area (Å²) in [6.07, 6.45) is 4.93. The summed E-state index contributed by atoms with van der Waals surface area (Å²) in [5.41, 5.74) is 1.75. The van der Waals surface area contributed by atoms with Crippen LogP contribution in [0, 0.1) is 5.92 Å². The van der Waals surface area contributed by atoms with Gasteiger partial charge in [0.2, 0.25) is 5.75 Å². The standard InChI is InChI=1S/C20H34O6Si2/c1-14(2)9-10-15-13-16(19(23-4)20(24-5)18(15)22-3)11-12-17(21)25-27-26-28(6,7)8/h11-14H,9-10,27H2,1-8H3. The number of carbonyl (C=O) groups is 1. The Labute approximate surface area is 172 Å². The molecule has 0 saturated heterocycles. The van der Waals surface area contributed by atoms with Gasteiger partial charge in [-0.3, -0.25) is 0 Å². The third-order valence-corrected chi connectivity index (χ3v) is 8.33. The van der Waals surface area contributed by atoms with Crippen molar-refractivity contribution in [2.45, 2.75) is 46.3 Å². The molecule has 0 saturated carbocycles. The number of benzene rings is 1. The highest BCUT2D eigenvalue weighted by Gasteiger charge is 2.20. The molecular formula is C20H34O6Si2. The highest BCUT2D eigenvalue weighted by Crippen LogP contribution is 2.43. The summed E-state index contributed by atoms with van der Waals surface area (Å²) in [4.78, 5) is 12.0. The van der Waals surface area contributed by atoms with Crippen LogP contribution in [0.25, 0.3) is 6.08 Å². The lowest BCUT2D eigenvalue weighted by atomic mass is 9.98. The normalized spacial score (nSPS) is 12.2. The van der Waals surface area contributed by atoms with Crippen LogP contribution < -0.4 is 14.2 Å². The molecule has 0 N–H and O–H groups in total. The topological polar surface area (TPSA) is 63.2 Å². The summed E-state index contributed by atoms with van der Waals surface area (Å²) in [5, 5.41) is 0. The molecule has 0 aliphatic heterocycles. The Morgan fingerprint density at radius 2 is 1.68 bits per heavy atom. The summed E-state index contributed by atoms with van der Waals surface area (Å²) in [6, 6.07) is 1.97. The molecule has 0 heterocycles. The van der Waals surface area contributed by atoms with Crippen molar-refractivity contribution < 1.29 is 27.5 Å². The monoisotopic (exact) mass is 426 g/mol. The van der Waals surface area contributed by atoms with Crippen LogP contribution in [0.5, 0.6) is 17.2 Å². The van der Waals surface area contributed by atoms with Gasteiger partial charge in [0.15, 0.2) is 19.8 Å². The maximum atomic E-state index is 12.0. The van der Waals surface area contributed by atoms with Gasteiger partial charge in [0.25, 0.3) is 0 Å². The Morgan fingerprint density at radius 1 is 1.07 bits per heavy atom. The second-order valence-electron chi connectivity index (χ2n) is 7.83. The Morgan fingerprint density at radius 3 is 2.18 bits per heavy atom. The molecular weight excluding hydrogens is 392 g/mol. The third kappa shape index (κ3) is 7.69.